The topological polar surface area (TPSA) is 92.8 Å². The number of anilines is 1. The Labute approximate surface area is 155 Å². The Morgan fingerprint density at radius 3 is 2.48 bits per heavy atom. The van der Waals surface area contributed by atoms with Gasteiger partial charge in [-0.2, -0.15) is 0 Å². The number of benzene rings is 1. The van der Waals surface area contributed by atoms with Gasteiger partial charge in [-0.1, -0.05) is 12.2 Å². The summed E-state index contributed by atoms with van der Waals surface area (Å²) in [4.78, 5) is 50.0. The number of hydrogen-bond acceptors (Lipinski definition) is 5. The number of nitrogens with zero attached hydrogens (tertiary/aromatic N) is 1. The van der Waals surface area contributed by atoms with Crippen LogP contribution in [0.4, 0.5) is 5.69 Å². The van der Waals surface area contributed by atoms with Crippen molar-refractivity contribution in [2.24, 2.45) is 23.7 Å². The summed E-state index contributed by atoms with van der Waals surface area (Å²) in [7, 11) is 0. The average molecular weight is 366 g/mol. The van der Waals surface area contributed by atoms with Gasteiger partial charge >= 0.3 is 5.97 Å². The number of amides is 3. The molecular weight excluding hydrogens is 348 g/mol. The van der Waals surface area contributed by atoms with Gasteiger partial charge in [0, 0.05) is 12.1 Å². The van der Waals surface area contributed by atoms with Crippen molar-refractivity contribution < 1.29 is 23.9 Å². The summed E-state index contributed by atoms with van der Waals surface area (Å²) < 4.78 is 5.34. The molecular formula is C20H18N2O5. The molecule has 0 spiro atoms. The first-order valence-corrected chi connectivity index (χ1v) is 9.18. The summed E-state index contributed by atoms with van der Waals surface area (Å²) in [5, 5.41) is 2.76. The number of carbonyl (C=O) groups is 4. The van der Waals surface area contributed by atoms with Crippen LogP contribution in [0.1, 0.15) is 18.4 Å². The lowest BCUT2D eigenvalue weighted by atomic mass is 9.85. The standard InChI is InChI=1S/C20H18N2O5/c23-15-6-3-10-8-13(4-5-14(10)21-15)27-16(24)9-22-19(25)17-11-1-2-12(7-11)18(17)20(22)26/h1-2,4-5,8,11-12,17-18H,3,6-7,9H2,(H,21,23). The first-order valence-electron chi connectivity index (χ1n) is 9.18. The van der Waals surface area contributed by atoms with Gasteiger partial charge in [0.1, 0.15) is 12.3 Å². The van der Waals surface area contributed by atoms with Crippen molar-refractivity contribution in [1.29, 1.82) is 0 Å². The van der Waals surface area contributed by atoms with E-state index in [-0.39, 0.29) is 47.9 Å². The molecule has 3 amide bonds. The van der Waals surface area contributed by atoms with E-state index in [2.05, 4.69) is 5.32 Å². The summed E-state index contributed by atoms with van der Waals surface area (Å²) in [5.74, 6) is -1.24. The largest absolute Gasteiger partial charge is 0.425 e. The monoisotopic (exact) mass is 366 g/mol. The van der Waals surface area contributed by atoms with E-state index in [0.29, 0.717) is 24.3 Å². The highest BCUT2D eigenvalue weighted by Crippen LogP contribution is 2.52. The minimum atomic E-state index is -0.642. The second-order valence-corrected chi connectivity index (χ2v) is 7.60. The van der Waals surface area contributed by atoms with Crippen LogP contribution in [0.25, 0.3) is 0 Å². The fourth-order valence-electron chi connectivity index (χ4n) is 4.84. The van der Waals surface area contributed by atoms with Gasteiger partial charge in [0.05, 0.1) is 11.8 Å². The van der Waals surface area contributed by atoms with Crippen LogP contribution in [0.2, 0.25) is 0 Å². The number of hydrogen-bond donors (Lipinski definition) is 1. The first-order chi connectivity index (χ1) is 13.0. The highest BCUT2D eigenvalue weighted by molar-refractivity contribution is 6.08. The van der Waals surface area contributed by atoms with Gasteiger partial charge in [0.15, 0.2) is 0 Å². The van der Waals surface area contributed by atoms with Crippen molar-refractivity contribution in [3.8, 4) is 5.75 Å². The second-order valence-electron chi connectivity index (χ2n) is 7.60. The molecule has 1 saturated heterocycles. The maximum Gasteiger partial charge on any atom is 0.331 e. The fourth-order valence-corrected chi connectivity index (χ4v) is 4.84. The third-order valence-electron chi connectivity index (χ3n) is 6.05. The van der Waals surface area contributed by atoms with Crippen LogP contribution in [0.3, 0.4) is 0 Å². The van der Waals surface area contributed by atoms with Gasteiger partial charge in [-0.3, -0.25) is 19.3 Å². The fraction of sp³-hybridized carbons (Fsp3) is 0.400. The predicted molar refractivity (Wildman–Crippen MR) is 93.5 cm³/mol. The third kappa shape index (κ3) is 2.49. The number of carbonyl (C=O) groups excluding carboxylic acids is 4. The molecule has 2 heterocycles. The lowest BCUT2D eigenvalue weighted by Gasteiger charge is -2.18. The van der Waals surface area contributed by atoms with Crippen LogP contribution in [0.5, 0.6) is 5.75 Å². The average Bonchev–Trinajstić information content (AvgIpc) is 3.32. The summed E-state index contributed by atoms with van der Waals surface area (Å²) in [6, 6.07) is 4.99. The van der Waals surface area contributed by atoms with Crippen LogP contribution in [0.15, 0.2) is 30.4 Å². The van der Waals surface area contributed by atoms with Crippen LogP contribution in [0, 0.1) is 23.7 Å². The Morgan fingerprint density at radius 2 is 1.78 bits per heavy atom. The van der Waals surface area contributed by atoms with Gasteiger partial charge < -0.3 is 10.1 Å². The molecule has 7 heteroatoms. The molecule has 4 atom stereocenters. The number of nitrogens with one attached hydrogen (secondary N) is 1. The van der Waals surface area contributed by atoms with E-state index in [4.69, 9.17) is 4.74 Å². The van der Waals surface area contributed by atoms with E-state index in [1.807, 2.05) is 12.2 Å². The van der Waals surface area contributed by atoms with Crippen LogP contribution in [-0.2, 0) is 25.6 Å². The number of aryl methyl sites for hydroxylation is 1. The van der Waals surface area contributed by atoms with Gasteiger partial charge in [-0.15, -0.1) is 0 Å². The Balaban J connectivity index is 1.27. The van der Waals surface area contributed by atoms with Gasteiger partial charge in [-0.05, 0) is 48.4 Å². The van der Waals surface area contributed by atoms with Crippen molar-refractivity contribution in [1.82, 2.24) is 4.90 Å². The molecule has 2 fully saturated rings. The molecule has 1 aromatic rings. The van der Waals surface area contributed by atoms with E-state index in [1.54, 1.807) is 18.2 Å². The zero-order valence-electron chi connectivity index (χ0n) is 14.5. The second kappa shape index (κ2) is 5.77. The summed E-state index contributed by atoms with van der Waals surface area (Å²) in [6.07, 6.45) is 5.86. The SMILES string of the molecule is O=C1CCc2cc(OC(=O)CN3C(=O)C4C5C=CC(C5)C4C3=O)ccc2N1. The number of fused-ring (bicyclic) bond motifs is 6. The maximum absolute atomic E-state index is 12.6. The van der Waals surface area contributed by atoms with Crippen LogP contribution >= 0.6 is 0 Å². The molecule has 0 aromatic heterocycles. The van der Waals surface area contributed by atoms with E-state index in [0.717, 1.165) is 16.9 Å². The zero-order valence-corrected chi connectivity index (χ0v) is 14.5. The summed E-state index contributed by atoms with van der Waals surface area (Å²) >= 11 is 0. The Kier molecular flexibility index (Phi) is 3.47. The Morgan fingerprint density at radius 1 is 1.07 bits per heavy atom. The van der Waals surface area contributed by atoms with Gasteiger partial charge in [0.25, 0.3) is 0 Å². The minimum absolute atomic E-state index is 0.0349. The molecule has 2 aliphatic heterocycles. The molecule has 138 valence electrons. The molecule has 4 unspecified atom stereocenters. The molecule has 2 aliphatic carbocycles. The van der Waals surface area contributed by atoms with Crippen LogP contribution < -0.4 is 10.1 Å². The number of esters is 1. The molecule has 4 aliphatic rings. The van der Waals surface area contributed by atoms with Crippen molar-refractivity contribution in [3.63, 3.8) is 0 Å². The lowest BCUT2D eigenvalue weighted by molar-refractivity contribution is -0.148. The first kappa shape index (κ1) is 16.2. The van der Waals surface area contributed by atoms with Crippen molar-refractivity contribution in [3.05, 3.63) is 35.9 Å². The lowest BCUT2D eigenvalue weighted by Crippen LogP contribution is -2.38. The smallest absolute Gasteiger partial charge is 0.331 e. The quantitative estimate of drug-likeness (QED) is 0.377. The van der Waals surface area contributed by atoms with E-state index in [9.17, 15) is 19.2 Å². The number of likely N-dealkylation sites (tertiary alicyclic amines) is 1. The molecule has 1 aromatic carbocycles. The number of ether oxygens (including phenoxy) is 1. The minimum Gasteiger partial charge on any atom is -0.425 e. The molecule has 1 N–H and O–H groups in total. The highest BCUT2D eigenvalue weighted by Gasteiger charge is 2.59. The molecule has 7 nitrogen and oxygen atoms in total. The third-order valence-corrected chi connectivity index (χ3v) is 6.05. The van der Waals surface area contributed by atoms with Crippen molar-refractivity contribution in [2.45, 2.75) is 19.3 Å². The van der Waals surface area contributed by atoms with Crippen LogP contribution in [-0.4, -0.2) is 35.1 Å². The zero-order chi connectivity index (χ0) is 18.7. The summed E-state index contributed by atoms with van der Waals surface area (Å²) in [5.41, 5.74) is 1.61. The Hall–Kier alpha value is -2.96. The van der Waals surface area contributed by atoms with E-state index in [1.165, 1.54) is 0 Å². The molecule has 1 saturated carbocycles. The highest BCUT2D eigenvalue weighted by atomic mass is 16.5. The number of rotatable bonds is 3. The molecule has 27 heavy (non-hydrogen) atoms. The molecule has 2 bridgehead atoms. The normalized spacial score (nSPS) is 30.4. The van der Waals surface area contributed by atoms with E-state index >= 15 is 0 Å². The molecule has 0 radical (unpaired) electrons. The van der Waals surface area contributed by atoms with Gasteiger partial charge in [-0.25, -0.2) is 4.79 Å². The van der Waals surface area contributed by atoms with E-state index < -0.39 is 5.97 Å². The maximum atomic E-state index is 12.6. The Bertz CT molecular complexity index is 891. The number of allylic oxidation sites excluding steroid dienone is 2. The number of imide groups is 1. The predicted octanol–water partition coefficient (Wildman–Crippen LogP) is 1.28. The van der Waals surface area contributed by atoms with Gasteiger partial charge in [0.2, 0.25) is 17.7 Å². The van der Waals surface area contributed by atoms with Crippen molar-refractivity contribution >= 4 is 29.4 Å². The van der Waals surface area contributed by atoms with Crippen molar-refractivity contribution in [2.75, 3.05) is 11.9 Å². The molecule has 5 rings (SSSR count). The summed E-state index contributed by atoms with van der Waals surface area (Å²) in [6.45, 7) is -0.363.